The quantitative estimate of drug-likeness (QED) is 0.311. The molecule has 0 amide bonds. The summed E-state index contributed by atoms with van der Waals surface area (Å²) in [5.74, 6) is 0. The summed E-state index contributed by atoms with van der Waals surface area (Å²) in [5, 5.41) is 9.06. The van der Waals surface area contributed by atoms with Crippen LogP contribution in [0.2, 0.25) is 0 Å². The highest BCUT2D eigenvalue weighted by molar-refractivity contribution is 5.93. The van der Waals surface area contributed by atoms with E-state index in [1.807, 2.05) is 10.7 Å². The Morgan fingerprint density at radius 3 is 1.75 bits per heavy atom. The molecule has 5 rings (SSSR count). The minimum absolute atomic E-state index is 0.695. The largest absolute Gasteiger partial charge is 0.247 e. The molecule has 3 heteroatoms. The average Bonchev–Trinajstić information content (AvgIpc) is 3.28. The molecule has 0 bridgehead atoms. The SMILES string of the molecule is Cc1ccc(-c2cccc(-c3ccc(C)cc3)c2-c2cn(Cc3ccccc3)nn2)cc1. The number of aryl methyl sites for hydroxylation is 2. The Kier molecular flexibility index (Phi) is 5.39. The lowest BCUT2D eigenvalue weighted by Crippen LogP contribution is -1.99. The van der Waals surface area contributed by atoms with Crippen molar-refractivity contribution in [2.75, 3.05) is 0 Å². The first-order valence-corrected chi connectivity index (χ1v) is 10.9. The molecule has 0 atom stereocenters. The summed E-state index contributed by atoms with van der Waals surface area (Å²) in [6, 6.07) is 34.2. The zero-order valence-corrected chi connectivity index (χ0v) is 18.4. The summed E-state index contributed by atoms with van der Waals surface area (Å²) in [6.07, 6.45) is 2.05. The van der Waals surface area contributed by atoms with E-state index >= 15 is 0 Å². The maximum atomic E-state index is 4.60. The first kappa shape index (κ1) is 20.0. The zero-order valence-electron chi connectivity index (χ0n) is 18.4. The van der Waals surface area contributed by atoms with E-state index in [9.17, 15) is 0 Å². The smallest absolute Gasteiger partial charge is 0.114 e. The van der Waals surface area contributed by atoms with E-state index < -0.39 is 0 Å². The van der Waals surface area contributed by atoms with E-state index in [0.717, 1.165) is 22.4 Å². The fraction of sp³-hybridized carbons (Fsp3) is 0.103. The molecule has 4 aromatic carbocycles. The minimum atomic E-state index is 0.695. The summed E-state index contributed by atoms with van der Waals surface area (Å²) in [4.78, 5) is 0. The predicted octanol–water partition coefficient (Wildman–Crippen LogP) is 6.94. The molecule has 0 aliphatic heterocycles. The van der Waals surface area contributed by atoms with Crippen LogP contribution in [0.25, 0.3) is 33.5 Å². The van der Waals surface area contributed by atoms with Gasteiger partial charge in [0.15, 0.2) is 0 Å². The van der Waals surface area contributed by atoms with Crippen LogP contribution in [-0.2, 0) is 6.54 Å². The van der Waals surface area contributed by atoms with Gasteiger partial charge in [-0.05, 0) is 41.7 Å². The maximum Gasteiger partial charge on any atom is 0.114 e. The van der Waals surface area contributed by atoms with Gasteiger partial charge in [-0.1, -0.05) is 113 Å². The molecule has 32 heavy (non-hydrogen) atoms. The van der Waals surface area contributed by atoms with E-state index in [-0.39, 0.29) is 0 Å². The maximum absolute atomic E-state index is 4.60. The van der Waals surface area contributed by atoms with Gasteiger partial charge < -0.3 is 0 Å². The Morgan fingerprint density at radius 1 is 0.625 bits per heavy atom. The highest BCUT2D eigenvalue weighted by Crippen LogP contribution is 2.39. The number of hydrogen-bond acceptors (Lipinski definition) is 2. The summed E-state index contributed by atoms with van der Waals surface area (Å²) >= 11 is 0. The van der Waals surface area contributed by atoms with Crippen LogP contribution in [0.5, 0.6) is 0 Å². The van der Waals surface area contributed by atoms with Gasteiger partial charge in [0.2, 0.25) is 0 Å². The summed E-state index contributed by atoms with van der Waals surface area (Å²) in [7, 11) is 0. The van der Waals surface area contributed by atoms with Gasteiger partial charge in [-0.25, -0.2) is 4.68 Å². The molecule has 156 valence electrons. The Balaban J connectivity index is 1.65. The van der Waals surface area contributed by atoms with E-state index in [1.54, 1.807) is 0 Å². The molecule has 1 aromatic heterocycles. The second-order valence-corrected chi connectivity index (χ2v) is 8.25. The lowest BCUT2D eigenvalue weighted by molar-refractivity contribution is 0.650. The standard InChI is InChI=1S/C29H25N3/c1-21-11-15-24(16-12-21)26-9-6-10-27(25-17-13-22(2)14-18-25)29(26)28-20-32(31-30-28)19-23-7-4-3-5-8-23/h3-18,20H,19H2,1-2H3. The van der Waals surface area contributed by atoms with E-state index in [4.69, 9.17) is 0 Å². The molecule has 0 spiro atoms. The number of nitrogens with zero attached hydrogens (tertiary/aromatic N) is 3. The molecule has 0 aliphatic rings. The normalized spacial score (nSPS) is 10.9. The van der Waals surface area contributed by atoms with Crippen LogP contribution in [0.3, 0.4) is 0 Å². The second-order valence-electron chi connectivity index (χ2n) is 8.25. The lowest BCUT2D eigenvalue weighted by Gasteiger charge is -2.14. The third-order valence-electron chi connectivity index (χ3n) is 5.77. The minimum Gasteiger partial charge on any atom is -0.247 e. The van der Waals surface area contributed by atoms with Crippen LogP contribution in [0.1, 0.15) is 16.7 Å². The molecule has 5 aromatic rings. The molecule has 1 heterocycles. The molecule has 0 unspecified atom stereocenters. The number of rotatable bonds is 5. The van der Waals surface area contributed by atoms with Crippen molar-refractivity contribution in [3.05, 3.63) is 120 Å². The van der Waals surface area contributed by atoms with Crippen molar-refractivity contribution in [2.45, 2.75) is 20.4 Å². The van der Waals surface area contributed by atoms with Crippen molar-refractivity contribution in [3.8, 4) is 33.5 Å². The first-order chi connectivity index (χ1) is 15.7. The molecule has 0 saturated heterocycles. The third kappa shape index (κ3) is 4.10. The summed E-state index contributed by atoms with van der Waals surface area (Å²) in [5.41, 5.74) is 10.4. The summed E-state index contributed by atoms with van der Waals surface area (Å²) in [6.45, 7) is 4.92. The van der Waals surface area contributed by atoms with Crippen LogP contribution < -0.4 is 0 Å². The molecule has 0 radical (unpaired) electrons. The monoisotopic (exact) mass is 415 g/mol. The highest BCUT2D eigenvalue weighted by Gasteiger charge is 2.17. The van der Waals surface area contributed by atoms with Crippen molar-refractivity contribution in [1.82, 2.24) is 15.0 Å². The van der Waals surface area contributed by atoms with Crippen LogP contribution in [-0.4, -0.2) is 15.0 Å². The van der Waals surface area contributed by atoms with Gasteiger partial charge >= 0.3 is 0 Å². The fourth-order valence-corrected chi connectivity index (χ4v) is 4.04. The molecular formula is C29H25N3. The molecule has 0 N–H and O–H groups in total. The number of benzene rings is 4. The Morgan fingerprint density at radius 2 is 1.19 bits per heavy atom. The topological polar surface area (TPSA) is 30.7 Å². The number of hydrogen-bond donors (Lipinski definition) is 0. The van der Waals surface area contributed by atoms with Crippen LogP contribution in [0, 0.1) is 13.8 Å². The third-order valence-corrected chi connectivity index (χ3v) is 5.77. The molecule has 3 nitrogen and oxygen atoms in total. The first-order valence-electron chi connectivity index (χ1n) is 10.9. The van der Waals surface area contributed by atoms with Crippen molar-refractivity contribution >= 4 is 0 Å². The second kappa shape index (κ2) is 8.64. The van der Waals surface area contributed by atoms with Crippen molar-refractivity contribution in [2.24, 2.45) is 0 Å². The van der Waals surface area contributed by atoms with Gasteiger partial charge in [-0.15, -0.1) is 5.10 Å². The lowest BCUT2D eigenvalue weighted by atomic mass is 9.90. The molecule has 0 fully saturated rings. The fourth-order valence-electron chi connectivity index (χ4n) is 4.04. The molecule has 0 aliphatic carbocycles. The zero-order chi connectivity index (χ0) is 21.9. The van der Waals surface area contributed by atoms with Crippen molar-refractivity contribution in [3.63, 3.8) is 0 Å². The van der Waals surface area contributed by atoms with E-state index in [1.165, 1.54) is 27.8 Å². The van der Waals surface area contributed by atoms with Gasteiger partial charge in [0, 0.05) is 5.56 Å². The van der Waals surface area contributed by atoms with Gasteiger partial charge in [0.05, 0.1) is 12.7 Å². The van der Waals surface area contributed by atoms with Crippen LogP contribution in [0.4, 0.5) is 0 Å². The van der Waals surface area contributed by atoms with E-state index in [2.05, 4.69) is 121 Å². The predicted molar refractivity (Wildman–Crippen MR) is 131 cm³/mol. The molecule has 0 saturated carbocycles. The van der Waals surface area contributed by atoms with E-state index in [0.29, 0.717) is 6.54 Å². The Hall–Kier alpha value is -3.98. The van der Waals surface area contributed by atoms with Crippen molar-refractivity contribution < 1.29 is 0 Å². The van der Waals surface area contributed by atoms with Gasteiger partial charge in [0.1, 0.15) is 5.69 Å². The Bertz CT molecular complexity index is 1270. The molecular weight excluding hydrogens is 390 g/mol. The summed E-state index contributed by atoms with van der Waals surface area (Å²) < 4.78 is 1.91. The average molecular weight is 416 g/mol. The van der Waals surface area contributed by atoms with Crippen LogP contribution in [0.15, 0.2) is 103 Å². The van der Waals surface area contributed by atoms with Crippen molar-refractivity contribution in [1.29, 1.82) is 0 Å². The van der Waals surface area contributed by atoms with Crippen LogP contribution >= 0.6 is 0 Å². The van der Waals surface area contributed by atoms with Gasteiger partial charge in [0.25, 0.3) is 0 Å². The number of aromatic nitrogens is 3. The van der Waals surface area contributed by atoms with Gasteiger partial charge in [-0.2, -0.15) is 0 Å². The highest BCUT2D eigenvalue weighted by atomic mass is 15.4. The van der Waals surface area contributed by atoms with Gasteiger partial charge in [-0.3, -0.25) is 0 Å². The Labute approximate surface area is 189 Å².